The molecule has 0 heterocycles. The minimum Gasteiger partial charge on any atom is -0.496 e. The first-order valence-corrected chi connectivity index (χ1v) is 7.33. The second-order valence-electron chi connectivity index (χ2n) is 5.14. The molecule has 1 amide bonds. The number of carbonyl (C=O) groups is 1. The monoisotopic (exact) mass is 434 g/mol. The van der Waals surface area contributed by atoms with Crippen LogP contribution in [-0.4, -0.2) is 51.1 Å². The van der Waals surface area contributed by atoms with Gasteiger partial charge >= 0.3 is 0 Å². The summed E-state index contributed by atoms with van der Waals surface area (Å²) in [5, 5.41) is 6.16. The van der Waals surface area contributed by atoms with Gasteiger partial charge in [0, 0.05) is 20.6 Å². The summed E-state index contributed by atoms with van der Waals surface area (Å²) in [5.74, 6) is 1.51. The molecule has 0 aromatic heterocycles. The molecule has 0 atom stereocenters. The number of aryl methyl sites for hydroxylation is 1. The van der Waals surface area contributed by atoms with Crippen LogP contribution in [0.2, 0.25) is 0 Å². The summed E-state index contributed by atoms with van der Waals surface area (Å²) in [4.78, 5) is 17.6. The summed E-state index contributed by atoms with van der Waals surface area (Å²) in [6, 6.07) is 5.98. The van der Waals surface area contributed by atoms with E-state index in [-0.39, 0.29) is 36.4 Å². The first kappa shape index (κ1) is 21.5. The largest absolute Gasteiger partial charge is 0.496 e. The molecule has 1 aromatic rings. The molecule has 0 aliphatic carbocycles. The quantitative estimate of drug-likeness (QED) is 0.407. The van der Waals surface area contributed by atoms with Gasteiger partial charge < -0.3 is 20.3 Å². The molecule has 1 rings (SSSR count). The van der Waals surface area contributed by atoms with Gasteiger partial charge in [-0.2, -0.15) is 0 Å². The Morgan fingerprint density at radius 2 is 2.00 bits per heavy atom. The average Bonchev–Trinajstić information content (AvgIpc) is 2.49. The fraction of sp³-hybridized carbons (Fsp3) is 0.500. The standard InChI is InChI=1S/C16H26N4O2.HI/c1-6-17-16(19-11-15(21)20(3)4)18-10-13-7-8-14(22-5)12(2)9-13;/h7-9H,6,10-11H2,1-5H3,(H2,17,18,19);1H. The van der Waals surface area contributed by atoms with Crippen LogP contribution in [-0.2, 0) is 11.3 Å². The lowest BCUT2D eigenvalue weighted by Gasteiger charge is -2.14. The molecular formula is C16H27IN4O2. The number of hydrogen-bond acceptors (Lipinski definition) is 3. The topological polar surface area (TPSA) is 66.0 Å². The minimum absolute atomic E-state index is 0. The molecule has 0 saturated carbocycles. The van der Waals surface area contributed by atoms with Crippen LogP contribution in [0.4, 0.5) is 0 Å². The lowest BCUT2D eigenvalue weighted by molar-refractivity contribution is -0.127. The number of nitrogens with zero attached hydrogens (tertiary/aromatic N) is 2. The smallest absolute Gasteiger partial charge is 0.241 e. The second kappa shape index (κ2) is 11.1. The van der Waals surface area contributed by atoms with Crippen molar-refractivity contribution in [3.63, 3.8) is 0 Å². The molecule has 0 unspecified atom stereocenters. The molecule has 0 bridgehead atoms. The Labute approximate surface area is 155 Å². The second-order valence-corrected chi connectivity index (χ2v) is 5.14. The van der Waals surface area contributed by atoms with Gasteiger partial charge in [-0.15, -0.1) is 24.0 Å². The maximum atomic E-state index is 11.6. The van der Waals surface area contributed by atoms with Gasteiger partial charge in [-0.3, -0.25) is 4.79 Å². The van der Waals surface area contributed by atoms with Crippen LogP contribution in [0.1, 0.15) is 18.1 Å². The number of methoxy groups -OCH3 is 1. The van der Waals surface area contributed by atoms with Crippen LogP contribution in [0.15, 0.2) is 23.2 Å². The third-order valence-corrected chi connectivity index (χ3v) is 3.13. The van der Waals surface area contributed by atoms with Crippen molar-refractivity contribution in [2.75, 3.05) is 34.3 Å². The number of likely N-dealkylation sites (N-methyl/N-ethyl adjacent to an activating group) is 1. The Kier molecular flexibility index (Phi) is 10.4. The zero-order chi connectivity index (χ0) is 16.5. The van der Waals surface area contributed by atoms with Crippen LogP contribution < -0.4 is 15.4 Å². The zero-order valence-electron chi connectivity index (χ0n) is 14.5. The summed E-state index contributed by atoms with van der Waals surface area (Å²) < 4.78 is 5.25. The minimum atomic E-state index is 0. The number of amides is 1. The van der Waals surface area contributed by atoms with Crippen molar-refractivity contribution in [2.24, 2.45) is 4.99 Å². The summed E-state index contributed by atoms with van der Waals surface area (Å²) in [6.45, 7) is 5.49. The van der Waals surface area contributed by atoms with Crippen molar-refractivity contribution >= 4 is 35.8 Å². The molecule has 7 heteroatoms. The molecule has 0 aliphatic rings. The fourth-order valence-electron chi connectivity index (χ4n) is 1.87. The van der Waals surface area contributed by atoms with Gasteiger partial charge in [0.1, 0.15) is 5.75 Å². The Bertz CT molecular complexity index is 533. The number of nitrogens with one attached hydrogen (secondary N) is 2. The van der Waals surface area contributed by atoms with Gasteiger partial charge in [0.05, 0.1) is 20.2 Å². The lowest BCUT2D eigenvalue weighted by atomic mass is 10.1. The van der Waals surface area contributed by atoms with E-state index in [0.29, 0.717) is 12.5 Å². The predicted octanol–water partition coefficient (Wildman–Crippen LogP) is 1.76. The van der Waals surface area contributed by atoms with Crippen LogP contribution in [0.3, 0.4) is 0 Å². The molecular weight excluding hydrogens is 407 g/mol. The number of guanidine groups is 1. The zero-order valence-corrected chi connectivity index (χ0v) is 16.8. The van der Waals surface area contributed by atoms with E-state index in [0.717, 1.165) is 23.4 Å². The third kappa shape index (κ3) is 7.54. The maximum Gasteiger partial charge on any atom is 0.241 e. The lowest BCUT2D eigenvalue weighted by Crippen LogP contribution is -2.42. The molecule has 23 heavy (non-hydrogen) atoms. The fourth-order valence-corrected chi connectivity index (χ4v) is 1.87. The van der Waals surface area contributed by atoms with Gasteiger partial charge in [0.15, 0.2) is 5.96 Å². The number of halogens is 1. The van der Waals surface area contributed by atoms with E-state index in [9.17, 15) is 4.79 Å². The number of ether oxygens (including phenoxy) is 1. The highest BCUT2D eigenvalue weighted by Crippen LogP contribution is 2.18. The highest BCUT2D eigenvalue weighted by atomic mass is 127. The molecule has 0 fully saturated rings. The Balaban J connectivity index is 0.00000484. The van der Waals surface area contributed by atoms with E-state index in [1.165, 1.54) is 0 Å². The van der Waals surface area contributed by atoms with Gasteiger partial charge in [0.25, 0.3) is 0 Å². The van der Waals surface area contributed by atoms with Crippen LogP contribution in [0, 0.1) is 6.92 Å². The van der Waals surface area contributed by atoms with Crippen LogP contribution >= 0.6 is 24.0 Å². The SMILES string of the molecule is CCNC(=NCc1ccc(OC)c(C)c1)NCC(=O)N(C)C.I. The van der Waals surface area contributed by atoms with Gasteiger partial charge in [-0.05, 0) is 31.0 Å². The molecule has 0 radical (unpaired) electrons. The predicted molar refractivity (Wildman–Crippen MR) is 105 cm³/mol. The van der Waals surface area contributed by atoms with Gasteiger partial charge in [-0.1, -0.05) is 12.1 Å². The highest BCUT2D eigenvalue weighted by molar-refractivity contribution is 14.0. The van der Waals surface area contributed by atoms with E-state index in [1.54, 1.807) is 26.1 Å². The maximum absolute atomic E-state index is 11.6. The van der Waals surface area contributed by atoms with Gasteiger partial charge in [0.2, 0.25) is 5.91 Å². The number of hydrogen-bond donors (Lipinski definition) is 2. The highest BCUT2D eigenvalue weighted by Gasteiger charge is 2.05. The summed E-state index contributed by atoms with van der Waals surface area (Å²) in [7, 11) is 5.12. The Morgan fingerprint density at radius 1 is 1.30 bits per heavy atom. The number of benzene rings is 1. The summed E-state index contributed by atoms with van der Waals surface area (Å²) in [5.41, 5.74) is 2.17. The first-order chi connectivity index (χ1) is 10.5. The van der Waals surface area contributed by atoms with Crippen molar-refractivity contribution in [1.29, 1.82) is 0 Å². The van der Waals surface area contributed by atoms with Crippen LogP contribution in [0.25, 0.3) is 0 Å². The summed E-state index contributed by atoms with van der Waals surface area (Å²) in [6.07, 6.45) is 0. The Morgan fingerprint density at radius 3 is 2.52 bits per heavy atom. The van der Waals surface area contributed by atoms with E-state index in [2.05, 4.69) is 21.7 Å². The molecule has 130 valence electrons. The Hall–Kier alpha value is -1.51. The van der Waals surface area contributed by atoms with Crippen molar-refractivity contribution in [2.45, 2.75) is 20.4 Å². The molecule has 0 aliphatic heterocycles. The van der Waals surface area contributed by atoms with Crippen molar-refractivity contribution < 1.29 is 9.53 Å². The van der Waals surface area contributed by atoms with Crippen molar-refractivity contribution in [3.8, 4) is 5.75 Å². The van der Waals surface area contributed by atoms with Crippen molar-refractivity contribution in [3.05, 3.63) is 29.3 Å². The van der Waals surface area contributed by atoms with Gasteiger partial charge in [-0.25, -0.2) is 4.99 Å². The van der Waals surface area contributed by atoms with E-state index >= 15 is 0 Å². The van der Waals surface area contributed by atoms with Crippen LogP contribution in [0.5, 0.6) is 5.75 Å². The number of carbonyl (C=O) groups excluding carboxylic acids is 1. The normalized spacial score (nSPS) is 10.6. The number of rotatable bonds is 6. The average molecular weight is 434 g/mol. The first-order valence-electron chi connectivity index (χ1n) is 7.33. The van der Waals surface area contributed by atoms with Crippen molar-refractivity contribution in [1.82, 2.24) is 15.5 Å². The van der Waals surface area contributed by atoms with E-state index in [1.807, 2.05) is 26.0 Å². The summed E-state index contributed by atoms with van der Waals surface area (Å²) >= 11 is 0. The number of aliphatic imine (C=N–C) groups is 1. The van der Waals surface area contributed by atoms with E-state index in [4.69, 9.17) is 4.74 Å². The molecule has 6 nitrogen and oxygen atoms in total. The molecule has 1 aromatic carbocycles. The molecule has 0 spiro atoms. The van der Waals surface area contributed by atoms with E-state index < -0.39 is 0 Å². The third-order valence-electron chi connectivity index (χ3n) is 3.13. The molecule has 2 N–H and O–H groups in total. The molecule has 0 saturated heterocycles.